The van der Waals surface area contributed by atoms with Gasteiger partial charge < -0.3 is 19.7 Å². The molecule has 0 aliphatic rings. The molecule has 35 heavy (non-hydrogen) atoms. The van der Waals surface area contributed by atoms with Crippen molar-refractivity contribution in [1.82, 2.24) is 4.57 Å². The number of aliphatic hydroxyl groups excluding tert-OH is 1. The number of sulfone groups is 1. The van der Waals surface area contributed by atoms with Crippen LogP contribution in [0.5, 0.6) is 5.75 Å². The maximum Gasteiger partial charge on any atom is 0.387 e. The van der Waals surface area contributed by atoms with Crippen LogP contribution in [0.15, 0.2) is 47.4 Å². The number of benzene rings is 2. The number of aromatic nitrogens is 1. The Kier molecular flexibility index (Phi) is 7.56. The minimum atomic E-state index is -3.80. The molecule has 0 aliphatic heterocycles. The summed E-state index contributed by atoms with van der Waals surface area (Å²) >= 11 is 0. The van der Waals surface area contributed by atoms with Gasteiger partial charge in [-0.25, -0.2) is 17.2 Å². The third-order valence-corrected chi connectivity index (χ3v) is 6.17. The standard InChI is InChI=1S/C23H22F4N2O5S/c1-12(30)8-16-11-17(22(31)28-15-5-7-21(18(25)10-15)35(3,32)33)13(2)29(16)19-6-4-14(24)9-20(19)34-23(26)27/h4-7,9-12,23,30H,8H2,1-3H3,(H,28,31)/t12-/m0/s1. The number of amides is 1. The van der Waals surface area contributed by atoms with Gasteiger partial charge in [-0.15, -0.1) is 0 Å². The number of anilines is 1. The van der Waals surface area contributed by atoms with Crippen LogP contribution in [0.1, 0.15) is 28.7 Å². The second-order valence-corrected chi connectivity index (χ2v) is 9.87. The van der Waals surface area contributed by atoms with E-state index in [-0.39, 0.29) is 29.1 Å². The molecule has 2 N–H and O–H groups in total. The lowest BCUT2D eigenvalue weighted by Gasteiger charge is -2.17. The van der Waals surface area contributed by atoms with Crippen molar-refractivity contribution in [3.63, 3.8) is 0 Å². The van der Waals surface area contributed by atoms with E-state index in [0.717, 1.165) is 30.5 Å². The molecule has 0 bridgehead atoms. The summed E-state index contributed by atoms with van der Waals surface area (Å²) in [6.45, 7) is -0.248. The van der Waals surface area contributed by atoms with Gasteiger partial charge in [0.1, 0.15) is 16.5 Å². The summed E-state index contributed by atoms with van der Waals surface area (Å²) < 4.78 is 82.9. The number of aliphatic hydroxyl groups is 1. The van der Waals surface area contributed by atoms with Crippen molar-refractivity contribution in [3.05, 3.63) is 71.1 Å². The molecule has 0 saturated carbocycles. The fourth-order valence-electron chi connectivity index (χ4n) is 3.63. The zero-order valence-corrected chi connectivity index (χ0v) is 19.7. The van der Waals surface area contributed by atoms with Crippen molar-refractivity contribution in [2.75, 3.05) is 11.6 Å². The number of alkyl halides is 2. The molecule has 1 atom stereocenters. The van der Waals surface area contributed by atoms with Crippen LogP contribution in [0.4, 0.5) is 23.2 Å². The van der Waals surface area contributed by atoms with E-state index in [2.05, 4.69) is 10.1 Å². The molecule has 1 heterocycles. The maximum absolute atomic E-state index is 14.2. The number of ether oxygens (including phenoxy) is 1. The average molecular weight is 514 g/mol. The highest BCUT2D eigenvalue weighted by atomic mass is 32.2. The van der Waals surface area contributed by atoms with Crippen molar-refractivity contribution in [2.24, 2.45) is 0 Å². The molecule has 188 valence electrons. The second-order valence-electron chi connectivity index (χ2n) is 7.89. The minimum absolute atomic E-state index is 0.0112. The molecule has 0 spiro atoms. The Morgan fingerprint density at radius 3 is 2.40 bits per heavy atom. The Morgan fingerprint density at radius 2 is 1.83 bits per heavy atom. The summed E-state index contributed by atoms with van der Waals surface area (Å²) in [6.07, 6.45) is -0.0189. The summed E-state index contributed by atoms with van der Waals surface area (Å²) in [4.78, 5) is 12.5. The van der Waals surface area contributed by atoms with Crippen LogP contribution in [0, 0.1) is 18.6 Å². The summed E-state index contributed by atoms with van der Waals surface area (Å²) in [5.74, 6) is -3.05. The third kappa shape index (κ3) is 6.01. The average Bonchev–Trinajstić information content (AvgIpc) is 3.02. The van der Waals surface area contributed by atoms with Gasteiger partial charge in [0, 0.05) is 35.8 Å². The molecule has 0 radical (unpaired) electrons. The van der Waals surface area contributed by atoms with Gasteiger partial charge in [-0.1, -0.05) is 0 Å². The molecule has 0 saturated heterocycles. The fraction of sp³-hybridized carbons (Fsp3) is 0.261. The number of halogens is 4. The van der Waals surface area contributed by atoms with Crippen molar-refractivity contribution in [2.45, 2.75) is 37.9 Å². The largest absolute Gasteiger partial charge is 0.432 e. The molecule has 12 heteroatoms. The second kappa shape index (κ2) is 10.1. The van der Waals surface area contributed by atoms with E-state index in [0.29, 0.717) is 5.69 Å². The third-order valence-electron chi connectivity index (χ3n) is 5.04. The normalized spacial score (nSPS) is 12.6. The number of rotatable bonds is 8. The van der Waals surface area contributed by atoms with Crippen LogP contribution in [0.3, 0.4) is 0 Å². The van der Waals surface area contributed by atoms with Gasteiger partial charge in [0.05, 0.1) is 17.4 Å². The summed E-state index contributed by atoms with van der Waals surface area (Å²) in [7, 11) is -3.80. The zero-order valence-electron chi connectivity index (χ0n) is 18.9. The molecule has 0 fully saturated rings. The quantitative estimate of drug-likeness (QED) is 0.438. The lowest BCUT2D eigenvalue weighted by atomic mass is 10.2. The smallest absolute Gasteiger partial charge is 0.387 e. The van der Waals surface area contributed by atoms with Crippen molar-refractivity contribution in [3.8, 4) is 11.4 Å². The van der Waals surface area contributed by atoms with Crippen molar-refractivity contribution in [1.29, 1.82) is 0 Å². The summed E-state index contributed by atoms with van der Waals surface area (Å²) in [5, 5.41) is 12.4. The minimum Gasteiger partial charge on any atom is -0.432 e. The Morgan fingerprint density at radius 1 is 1.14 bits per heavy atom. The van der Waals surface area contributed by atoms with Gasteiger partial charge in [-0.05, 0) is 50.2 Å². The Hall–Kier alpha value is -3.38. The molecule has 3 rings (SSSR count). The van der Waals surface area contributed by atoms with Crippen LogP contribution in [-0.2, 0) is 16.3 Å². The summed E-state index contributed by atoms with van der Waals surface area (Å²) in [5.41, 5.74) is 0.639. The number of carbonyl (C=O) groups excluding carboxylic acids is 1. The number of nitrogens with zero attached hydrogens (tertiary/aromatic N) is 1. The SMILES string of the molecule is Cc1c(C(=O)Nc2ccc(S(C)(=O)=O)c(F)c2)cc(C[C@H](C)O)n1-c1ccc(F)cc1OC(F)F. The predicted octanol–water partition coefficient (Wildman–Crippen LogP) is 4.24. The van der Waals surface area contributed by atoms with Crippen LogP contribution in [0.2, 0.25) is 0 Å². The first-order valence-corrected chi connectivity index (χ1v) is 12.1. The number of hydrogen-bond donors (Lipinski definition) is 2. The zero-order chi connectivity index (χ0) is 26.1. The van der Waals surface area contributed by atoms with Crippen molar-refractivity contribution < 1.29 is 40.6 Å². The lowest BCUT2D eigenvalue weighted by Crippen LogP contribution is -2.14. The maximum atomic E-state index is 14.2. The van der Waals surface area contributed by atoms with E-state index < -0.39 is 50.7 Å². The van der Waals surface area contributed by atoms with Crippen molar-refractivity contribution >= 4 is 21.4 Å². The first-order chi connectivity index (χ1) is 16.3. The highest BCUT2D eigenvalue weighted by molar-refractivity contribution is 7.90. The molecular weight excluding hydrogens is 492 g/mol. The van der Waals surface area contributed by atoms with E-state index in [1.165, 1.54) is 36.6 Å². The van der Waals surface area contributed by atoms with Gasteiger partial charge >= 0.3 is 6.61 Å². The fourth-order valence-corrected chi connectivity index (χ4v) is 4.36. The van der Waals surface area contributed by atoms with Gasteiger partial charge in [0.25, 0.3) is 5.91 Å². The molecule has 1 amide bonds. The number of carbonyl (C=O) groups is 1. The van der Waals surface area contributed by atoms with Gasteiger partial charge in [-0.3, -0.25) is 4.79 Å². The lowest BCUT2D eigenvalue weighted by molar-refractivity contribution is -0.0500. The molecule has 1 aromatic heterocycles. The monoisotopic (exact) mass is 514 g/mol. The molecule has 2 aromatic carbocycles. The molecule has 3 aromatic rings. The van der Waals surface area contributed by atoms with Gasteiger partial charge in [0.15, 0.2) is 15.6 Å². The van der Waals surface area contributed by atoms with E-state index in [4.69, 9.17) is 0 Å². The molecule has 7 nitrogen and oxygen atoms in total. The highest BCUT2D eigenvalue weighted by Crippen LogP contribution is 2.31. The molecule has 0 aliphatic carbocycles. The van der Waals surface area contributed by atoms with E-state index in [1.54, 1.807) is 0 Å². The van der Waals surface area contributed by atoms with E-state index in [1.807, 2.05) is 0 Å². The van der Waals surface area contributed by atoms with E-state index >= 15 is 0 Å². The highest BCUT2D eigenvalue weighted by Gasteiger charge is 2.23. The Bertz CT molecular complexity index is 1370. The van der Waals surface area contributed by atoms with Crippen LogP contribution in [-0.4, -0.2) is 43.0 Å². The Labute approximate surface area is 198 Å². The molecule has 0 unspecified atom stereocenters. The predicted molar refractivity (Wildman–Crippen MR) is 120 cm³/mol. The molecular formula is C23H22F4N2O5S. The van der Waals surface area contributed by atoms with Gasteiger partial charge in [0.2, 0.25) is 0 Å². The first-order valence-electron chi connectivity index (χ1n) is 10.2. The number of nitrogens with one attached hydrogen (secondary N) is 1. The number of hydrogen-bond acceptors (Lipinski definition) is 5. The van der Waals surface area contributed by atoms with Crippen LogP contribution in [0.25, 0.3) is 5.69 Å². The van der Waals surface area contributed by atoms with E-state index in [9.17, 15) is 35.9 Å². The van der Waals surface area contributed by atoms with Crippen LogP contribution >= 0.6 is 0 Å². The van der Waals surface area contributed by atoms with Gasteiger partial charge in [-0.2, -0.15) is 8.78 Å². The Balaban J connectivity index is 2.06. The topological polar surface area (TPSA) is 97.6 Å². The summed E-state index contributed by atoms with van der Waals surface area (Å²) in [6, 6.07) is 7.51. The first kappa shape index (κ1) is 26.2. The van der Waals surface area contributed by atoms with Crippen LogP contribution < -0.4 is 10.1 Å².